The minimum Gasteiger partial charge on any atom is -0.508 e. The van der Waals surface area contributed by atoms with Gasteiger partial charge >= 0.3 is 5.97 Å². The van der Waals surface area contributed by atoms with E-state index < -0.39 is 150 Å². The molecule has 0 radical (unpaired) electrons. The third-order valence-corrected chi connectivity index (χ3v) is 18.8. The molecule has 0 aliphatic heterocycles. The SMILES string of the molecule is C[C@H](N)C(=O)N[C@@H](CCCCN)C(=O)N[C@@H](CCCNC(=N)N)C(=O)N[C@@H](Cc1ccc(O)cc1)C(=O)N[C@@H](Cc1ccc(O)cc1)C(=O)NCC(=O)N[C@@H](Cc1ccc(O)cc1)C(=O)N[C@@H](CCCCN)C(=O)N[C@@H](CCCNC(=N)N)C(=O)N[C@@H](CCCCN)C(=O)N[C@@H](Cc1ccccc1)C(=O)N[C@@H](Cc1ccc(O)cc1)C(=O)O. The number of nitrogens with two attached hydrogens (primary N) is 6. The molecule has 38 nitrogen and oxygen atoms in total. The topological polar surface area (TPSA) is 666 Å². The van der Waals surface area contributed by atoms with Gasteiger partial charge in [-0.05, 0) is 186 Å². The van der Waals surface area contributed by atoms with Crippen molar-refractivity contribution in [2.24, 2.45) is 34.4 Å². The maximum Gasteiger partial charge on any atom is 0.326 e. The Labute approximate surface area is 683 Å². The molecule has 0 heterocycles. The zero-order valence-corrected chi connectivity index (χ0v) is 66.0. The van der Waals surface area contributed by atoms with Crippen molar-refractivity contribution in [1.82, 2.24) is 69.1 Å². The second-order valence-electron chi connectivity index (χ2n) is 28.5. The summed E-state index contributed by atoms with van der Waals surface area (Å²) in [7, 11) is 0. The largest absolute Gasteiger partial charge is 0.508 e. The van der Waals surface area contributed by atoms with Crippen LogP contribution in [0.2, 0.25) is 0 Å². The Balaban J connectivity index is 1.44. The summed E-state index contributed by atoms with van der Waals surface area (Å²) in [5, 5.41) is 100. The first kappa shape index (κ1) is 95.9. The fourth-order valence-corrected chi connectivity index (χ4v) is 12.3. The number of carbonyl (C=O) groups is 12. The van der Waals surface area contributed by atoms with Crippen LogP contribution in [0.3, 0.4) is 0 Å². The van der Waals surface area contributed by atoms with E-state index in [1.54, 1.807) is 30.3 Å². The smallest absolute Gasteiger partial charge is 0.326 e. The van der Waals surface area contributed by atoms with Gasteiger partial charge in [-0.25, -0.2) is 4.79 Å². The van der Waals surface area contributed by atoms with E-state index in [2.05, 4.69) is 69.1 Å². The van der Waals surface area contributed by atoms with E-state index in [-0.39, 0.29) is 152 Å². The Bertz CT molecular complexity index is 4090. The molecule has 0 aliphatic rings. The average molecular weight is 1640 g/mol. The summed E-state index contributed by atoms with van der Waals surface area (Å²) >= 11 is 0. The van der Waals surface area contributed by atoms with E-state index in [4.69, 9.17) is 45.2 Å². The number of hydrogen-bond acceptors (Lipinski definition) is 22. The molecule has 642 valence electrons. The molecule has 0 saturated heterocycles. The van der Waals surface area contributed by atoms with Gasteiger partial charge in [-0.15, -0.1) is 0 Å². The third kappa shape index (κ3) is 36.0. The maximum absolute atomic E-state index is 14.9. The molecule has 32 N–H and O–H groups in total. The molecular weight excluding hydrogens is 1530 g/mol. The molecule has 11 amide bonds. The van der Waals surface area contributed by atoms with Crippen molar-refractivity contribution in [3.63, 3.8) is 0 Å². The highest BCUT2D eigenvalue weighted by atomic mass is 16.4. The summed E-state index contributed by atoms with van der Waals surface area (Å²) in [6, 6.07) is 15.3. The predicted molar refractivity (Wildman–Crippen MR) is 438 cm³/mol. The summed E-state index contributed by atoms with van der Waals surface area (Å²) in [5.41, 5.74) is 36.6. The van der Waals surface area contributed by atoms with Gasteiger partial charge in [-0.2, -0.15) is 0 Å². The molecule has 5 aromatic rings. The van der Waals surface area contributed by atoms with Gasteiger partial charge in [0.1, 0.15) is 83.4 Å². The van der Waals surface area contributed by atoms with Crippen LogP contribution in [0.15, 0.2) is 127 Å². The van der Waals surface area contributed by atoms with Crippen molar-refractivity contribution in [2.75, 3.05) is 39.3 Å². The minimum absolute atomic E-state index is 0.0224. The van der Waals surface area contributed by atoms with Crippen LogP contribution in [0.4, 0.5) is 0 Å². The van der Waals surface area contributed by atoms with Gasteiger partial charge < -0.3 is 129 Å². The van der Waals surface area contributed by atoms with E-state index in [0.717, 1.165) is 0 Å². The Morgan fingerprint density at radius 3 is 0.847 bits per heavy atom. The van der Waals surface area contributed by atoms with Gasteiger partial charge in [-0.3, -0.25) is 63.6 Å². The Morgan fingerprint density at radius 1 is 0.314 bits per heavy atom. The molecule has 5 rings (SSSR count). The number of hydrogen-bond donors (Lipinski definition) is 26. The van der Waals surface area contributed by atoms with Gasteiger partial charge in [0, 0.05) is 45.2 Å². The zero-order valence-electron chi connectivity index (χ0n) is 66.0. The van der Waals surface area contributed by atoms with Crippen LogP contribution in [0.25, 0.3) is 0 Å². The van der Waals surface area contributed by atoms with Crippen LogP contribution in [0.5, 0.6) is 23.0 Å². The van der Waals surface area contributed by atoms with Gasteiger partial charge in [0.25, 0.3) is 0 Å². The molecule has 0 saturated carbocycles. The standard InChI is InChI=1S/C80H115N21O17/c1-47(84)68(107)93-57(15-5-8-36-81)70(109)96-61(19-12-40-90-80(87)88)74(113)100-65(44-51-24-32-55(104)33-25-51)76(115)98-62(42-49-20-28-53(102)29-21-49)69(108)91-46-67(106)92-63(43-50-22-30-54(103)31-23-50)75(114)97-58(16-6-9-37-82)71(110)95-60(18-11-39-89-79(85)86)72(111)94-59(17-7-10-38-83)73(112)99-64(41-48-13-3-2-4-14-48)77(116)101-66(78(117)118)45-52-26-34-56(105)35-27-52/h2-4,13-14,20-35,47,57-66,102-105H,5-12,15-19,36-46,81-84H2,1H3,(H,91,108)(H,92,106)(H,93,107)(H,94,111)(H,95,110)(H,96,109)(H,97,114)(H,98,115)(H,99,112)(H,100,113)(H,101,116)(H,117,118)(H4,85,86,89)(H4,87,88,90)/t47-,57-,58-,59-,60-,61-,62-,63-,64-,65-,66-/m0/s1. The number of phenols is 4. The van der Waals surface area contributed by atoms with Crippen molar-refractivity contribution in [3.8, 4) is 23.0 Å². The minimum atomic E-state index is -1.58. The average Bonchev–Trinajstić information content (AvgIpc) is 0.867. The maximum atomic E-state index is 14.9. The molecule has 11 atom stereocenters. The van der Waals surface area contributed by atoms with E-state index in [1.807, 2.05) is 0 Å². The van der Waals surface area contributed by atoms with Gasteiger partial charge in [0.2, 0.25) is 65.0 Å². The number of guanidine groups is 2. The van der Waals surface area contributed by atoms with E-state index in [0.29, 0.717) is 53.5 Å². The number of aromatic hydroxyl groups is 4. The Morgan fingerprint density at radius 2 is 0.559 bits per heavy atom. The third-order valence-electron chi connectivity index (χ3n) is 18.8. The van der Waals surface area contributed by atoms with Gasteiger partial charge in [0.05, 0.1) is 12.6 Å². The summed E-state index contributed by atoms with van der Waals surface area (Å²) in [5.74, 6) is -12.5. The highest BCUT2D eigenvalue weighted by Crippen LogP contribution is 2.19. The fourth-order valence-electron chi connectivity index (χ4n) is 12.3. The van der Waals surface area contributed by atoms with Crippen molar-refractivity contribution in [1.29, 1.82) is 10.8 Å². The molecule has 0 aliphatic carbocycles. The molecule has 0 bridgehead atoms. The Hall–Kier alpha value is -12.7. The summed E-state index contributed by atoms with van der Waals surface area (Å²) in [4.78, 5) is 172. The van der Waals surface area contributed by atoms with E-state index >= 15 is 0 Å². The zero-order chi connectivity index (χ0) is 86.6. The molecule has 0 fully saturated rings. The summed E-state index contributed by atoms with van der Waals surface area (Å²) in [6.45, 7) is 1.26. The van der Waals surface area contributed by atoms with Crippen molar-refractivity contribution in [2.45, 2.75) is 189 Å². The van der Waals surface area contributed by atoms with Gasteiger partial charge in [0.15, 0.2) is 11.9 Å². The van der Waals surface area contributed by atoms with Crippen molar-refractivity contribution >= 4 is 82.9 Å². The predicted octanol–water partition coefficient (Wildman–Crippen LogP) is -2.67. The first-order chi connectivity index (χ1) is 56.3. The lowest BCUT2D eigenvalue weighted by atomic mass is 10.0. The van der Waals surface area contributed by atoms with Gasteiger partial charge in [-0.1, -0.05) is 78.9 Å². The number of amides is 11. The Kier molecular flexibility index (Phi) is 41.7. The number of carboxylic acid groups (broad SMARTS) is 1. The highest BCUT2D eigenvalue weighted by molar-refractivity contribution is 5.99. The van der Waals surface area contributed by atoms with E-state index in [9.17, 15) is 83.1 Å². The normalized spacial score (nSPS) is 13.8. The quantitative estimate of drug-likeness (QED) is 0.0107. The number of rotatable bonds is 53. The molecule has 38 heteroatoms. The van der Waals surface area contributed by atoms with Crippen molar-refractivity contribution in [3.05, 3.63) is 155 Å². The molecule has 0 aromatic heterocycles. The molecular formula is C80H115N21O17. The monoisotopic (exact) mass is 1640 g/mol. The molecule has 0 spiro atoms. The molecule has 118 heavy (non-hydrogen) atoms. The van der Waals surface area contributed by atoms with Crippen molar-refractivity contribution < 1.29 is 83.1 Å². The first-order valence-corrected chi connectivity index (χ1v) is 39.1. The second kappa shape index (κ2) is 51.3. The van der Waals surface area contributed by atoms with E-state index in [1.165, 1.54) is 104 Å². The number of unbranched alkanes of at least 4 members (excludes halogenated alkanes) is 3. The van der Waals surface area contributed by atoms with Crippen LogP contribution in [0.1, 0.15) is 118 Å². The second-order valence-corrected chi connectivity index (χ2v) is 28.5. The summed E-state index contributed by atoms with van der Waals surface area (Å²) < 4.78 is 0. The first-order valence-electron chi connectivity index (χ1n) is 39.1. The van der Waals surface area contributed by atoms with Crippen LogP contribution in [0, 0.1) is 10.8 Å². The molecule has 0 unspecified atom stereocenters. The highest BCUT2D eigenvalue weighted by Gasteiger charge is 2.37. The van der Waals surface area contributed by atoms with Crippen LogP contribution in [-0.2, 0) is 89.6 Å². The van der Waals surface area contributed by atoms with Crippen LogP contribution in [-0.4, -0.2) is 214 Å². The lowest BCUT2D eigenvalue weighted by Crippen LogP contribution is -2.60. The molecule has 5 aromatic carbocycles. The van der Waals surface area contributed by atoms with Crippen LogP contribution < -0.4 is 104 Å². The number of benzene rings is 5. The number of phenolic OH excluding ortho intramolecular Hbond substituents is 4. The lowest BCUT2D eigenvalue weighted by Gasteiger charge is -2.28. The summed E-state index contributed by atoms with van der Waals surface area (Å²) in [6.07, 6.45) is 0.750. The lowest BCUT2D eigenvalue weighted by molar-refractivity contribution is -0.142. The number of carboxylic acids is 1. The van der Waals surface area contributed by atoms with Crippen LogP contribution >= 0.6 is 0 Å². The fraction of sp³-hybridized carbons (Fsp3) is 0.450. The number of carbonyl (C=O) groups excluding carboxylic acids is 11. The number of nitrogens with one attached hydrogen (secondary N) is 15. The number of aliphatic carboxylic acids is 1.